The van der Waals surface area contributed by atoms with Crippen molar-refractivity contribution in [2.45, 2.75) is 6.54 Å². The number of hydrogen-bond donors (Lipinski definition) is 2. The normalized spacial score (nSPS) is 10.3. The molecular weight excluding hydrogens is 286 g/mol. The molecule has 0 atom stereocenters. The number of benzene rings is 2. The second-order valence-electron chi connectivity index (χ2n) is 4.14. The first kappa shape index (κ1) is 14.3. The fourth-order valence-electron chi connectivity index (χ4n) is 1.65. The van der Waals surface area contributed by atoms with Gasteiger partial charge in [-0.15, -0.1) is 0 Å². The largest absolute Gasteiger partial charge is 0.398 e. The second kappa shape index (κ2) is 5.88. The zero-order chi connectivity index (χ0) is 14.7. The summed E-state index contributed by atoms with van der Waals surface area (Å²) < 4.78 is 25.8. The first-order chi connectivity index (χ1) is 9.49. The zero-order valence-electron chi connectivity index (χ0n) is 10.3. The number of hydrogen-bond acceptors (Lipinski definition) is 2. The van der Waals surface area contributed by atoms with Gasteiger partial charge >= 0.3 is 0 Å². The van der Waals surface area contributed by atoms with Crippen molar-refractivity contribution >= 4 is 23.2 Å². The van der Waals surface area contributed by atoms with Gasteiger partial charge in [0.25, 0.3) is 5.91 Å². The predicted octanol–water partition coefficient (Wildman–Crippen LogP) is 3.13. The zero-order valence-corrected chi connectivity index (χ0v) is 11.0. The van der Waals surface area contributed by atoms with E-state index in [1.165, 1.54) is 12.1 Å². The summed E-state index contributed by atoms with van der Waals surface area (Å²) in [5, 5.41) is 2.72. The molecule has 0 aliphatic carbocycles. The number of carbonyl (C=O) groups excluding carboxylic acids is 1. The van der Waals surface area contributed by atoms with Crippen LogP contribution in [0.5, 0.6) is 0 Å². The Kier molecular flexibility index (Phi) is 4.20. The highest BCUT2D eigenvalue weighted by Crippen LogP contribution is 2.22. The van der Waals surface area contributed by atoms with Gasteiger partial charge in [0, 0.05) is 6.54 Å². The third-order valence-corrected chi connectivity index (χ3v) is 3.13. The lowest BCUT2D eigenvalue weighted by Crippen LogP contribution is -2.23. The highest BCUT2D eigenvalue weighted by molar-refractivity contribution is 6.36. The summed E-state index contributed by atoms with van der Waals surface area (Å²) in [5.74, 6) is -2.33. The van der Waals surface area contributed by atoms with E-state index in [-0.39, 0.29) is 17.1 Å². The molecule has 0 heterocycles. The number of nitrogens with two attached hydrogens (primary N) is 1. The summed E-state index contributed by atoms with van der Waals surface area (Å²) in [7, 11) is 0. The van der Waals surface area contributed by atoms with Gasteiger partial charge in [0.15, 0.2) is 11.6 Å². The van der Waals surface area contributed by atoms with Gasteiger partial charge in [0.05, 0.1) is 16.3 Å². The van der Waals surface area contributed by atoms with Gasteiger partial charge in [-0.2, -0.15) is 0 Å². The molecule has 0 saturated carbocycles. The number of nitrogens with one attached hydrogen (secondary N) is 1. The van der Waals surface area contributed by atoms with Crippen molar-refractivity contribution in [2.75, 3.05) is 5.73 Å². The number of anilines is 1. The molecule has 0 aliphatic rings. The van der Waals surface area contributed by atoms with Crippen LogP contribution in [0.3, 0.4) is 0 Å². The first-order valence-corrected chi connectivity index (χ1v) is 6.13. The summed E-state index contributed by atoms with van der Waals surface area (Å²) in [6.45, 7) is 0.0567. The molecule has 0 aromatic heterocycles. The Hall–Kier alpha value is -2.14. The molecule has 0 radical (unpaired) electrons. The third kappa shape index (κ3) is 3.05. The lowest BCUT2D eigenvalue weighted by molar-refractivity contribution is 0.0951. The smallest absolute Gasteiger partial charge is 0.253 e. The molecule has 0 aliphatic heterocycles. The average molecular weight is 297 g/mol. The van der Waals surface area contributed by atoms with Crippen molar-refractivity contribution in [3.05, 3.63) is 64.2 Å². The molecule has 2 aromatic rings. The maximum Gasteiger partial charge on any atom is 0.253 e. The van der Waals surface area contributed by atoms with Crippen LogP contribution >= 0.6 is 11.6 Å². The molecule has 20 heavy (non-hydrogen) atoms. The lowest BCUT2D eigenvalue weighted by atomic mass is 10.1. The standard InChI is InChI=1S/C14H11ClF2N2O/c15-13-9(2-1-3-12(13)18)14(20)19-7-8-4-5-10(16)11(17)6-8/h1-6H,7,18H2,(H,19,20). The predicted molar refractivity (Wildman–Crippen MR) is 73.4 cm³/mol. The van der Waals surface area contributed by atoms with Gasteiger partial charge in [0.2, 0.25) is 0 Å². The molecule has 1 amide bonds. The van der Waals surface area contributed by atoms with Crippen molar-refractivity contribution in [1.82, 2.24) is 5.32 Å². The molecule has 2 aromatic carbocycles. The van der Waals surface area contributed by atoms with Gasteiger partial charge in [-0.1, -0.05) is 23.7 Å². The second-order valence-corrected chi connectivity index (χ2v) is 4.52. The maximum atomic E-state index is 13.0. The Labute approximate surface area is 119 Å². The first-order valence-electron chi connectivity index (χ1n) is 5.75. The summed E-state index contributed by atoms with van der Waals surface area (Å²) in [5.41, 5.74) is 6.57. The molecule has 104 valence electrons. The highest BCUT2D eigenvalue weighted by atomic mass is 35.5. The van der Waals surface area contributed by atoms with Crippen LogP contribution in [0.1, 0.15) is 15.9 Å². The Morgan fingerprint density at radius 1 is 1.20 bits per heavy atom. The van der Waals surface area contributed by atoms with Gasteiger partial charge in [-0.3, -0.25) is 4.79 Å². The monoisotopic (exact) mass is 296 g/mol. The highest BCUT2D eigenvalue weighted by Gasteiger charge is 2.12. The van der Waals surface area contributed by atoms with E-state index in [2.05, 4.69) is 5.32 Å². The molecule has 0 bridgehead atoms. The van der Waals surface area contributed by atoms with Crippen molar-refractivity contribution < 1.29 is 13.6 Å². The molecule has 6 heteroatoms. The van der Waals surface area contributed by atoms with E-state index >= 15 is 0 Å². The Bertz CT molecular complexity index is 662. The van der Waals surface area contributed by atoms with Crippen LogP contribution in [0.4, 0.5) is 14.5 Å². The van der Waals surface area contributed by atoms with E-state index in [4.69, 9.17) is 17.3 Å². The summed E-state index contributed by atoms with van der Waals surface area (Å²) in [6, 6.07) is 8.13. The molecule has 0 saturated heterocycles. The Morgan fingerprint density at radius 3 is 2.65 bits per heavy atom. The quantitative estimate of drug-likeness (QED) is 0.855. The van der Waals surface area contributed by atoms with Crippen molar-refractivity contribution in [2.24, 2.45) is 0 Å². The van der Waals surface area contributed by atoms with Crippen molar-refractivity contribution in [3.63, 3.8) is 0 Å². The maximum absolute atomic E-state index is 13.0. The number of rotatable bonds is 3. The molecule has 0 unspecified atom stereocenters. The third-order valence-electron chi connectivity index (χ3n) is 2.71. The molecule has 3 N–H and O–H groups in total. The van der Waals surface area contributed by atoms with Crippen molar-refractivity contribution in [3.8, 4) is 0 Å². The Morgan fingerprint density at radius 2 is 1.95 bits per heavy atom. The van der Waals surface area contributed by atoms with Gasteiger partial charge in [-0.25, -0.2) is 8.78 Å². The van der Waals surface area contributed by atoms with E-state index < -0.39 is 17.5 Å². The molecule has 2 rings (SSSR count). The van der Waals surface area contributed by atoms with Crippen LogP contribution in [0.2, 0.25) is 5.02 Å². The minimum absolute atomic E-state index is 0.0567. The van der Waals surface area contributed by atoms with E-state index in [0.717, 1.165) is 12.1 Å². The minimum atomic E-state index is -0.960. The fourth-order valence-corrected chi connectivity index (χ4v) is 1.86. The molecule has 0 fully saturated rings. The number of nitrogen functional groups attached to an aromatic ring is 1. The van der Waals surface area contributed by atoms with E-state index in [1.807, 2.05) is 0 Å². The van der Waals surface area contributed by atoms with Crippen molar-refractivity contribution in [1.29, 1.82) is 0 Å². The van der Waals surface area contributed by atoms with Crippen LogP contribution in [0.25, 0.3) is 0 Å². The number of carbonyl (C=O) groups is 1. The number of amides is 1. The molecule has 3 nitrogen and oxygen atoms in total. The van der Waals surface area contributed by atoms with Crippen LogP contribution in [-0.4, -0.2) is 5.91 Å². The summed E-state index contributed by atoms with van der Waals surface area (Å²) in [4.78, 5) is 11.9. The SMILES string of the molecule is Nc1cccc(C(=O)NCc2ccc(F)c(F)c2)c1Cl. The van der Waals surface area contributed by atoms with E-state index in [1.54, 1.807) is 12.1 Å². The molecule has 0 spiro atoms. The molecular formula is C14H11ClF2N2O. The van der Waals surface area contributed by atoms with Crippen LogP contribution in [0.15, 0.2) is 36.4 Å². The van der Waals surface area contributed by atoms with Crippen LogP contribution in [0, 0.1) is 11.6 Å². The summed E-state index contributed by atoms with van der Waals surface area (Å²) >= 11 is 5.92. The van der Waals surface area contributed by atoms with Gasteiger partial charge < -0.3 is 11.1 Å². The Balaban J connectivity index is 2.08. The van der Waals surface area contributed by atoms with Gasteiger partial charge in [0.1, 0.15) is 0 Å². The van der Waals surface area contributed by atoms with Crippen LogP contribution < -0.4 is 11.1 Å². The average Bonchev–Trinajstić information content (AvgIpc) is 2.43. The topological polar surface area (TPSA) is 55.1 Å². The van der Waals surface area contributed by atoms with Gasteiger partial charge in [-0.05, 0) is 29.8 Å². The van der Waals surface area contributed by atoms with Crippen LogP contribution in [-0.2, 0) is 6.54 Å². The number of halogens is 3. The fraction of sp³-hybridized carbons (Fsp3) is 0.0714. The minimum Gasteiger partial charge on any atom is -0.398 e. The van der Waals surface area contributed by atoms with E-state index in [0.29, 0.717) is 11.3 Å². The van der Waals surface area contributed by atoms with E-state index in [9.17, 15) is 13.6 Å². The summed E-state index contributed by atoms with van der Waals surface area (Å²) in [6.07, 6.45) is 0. The lowest BCUT2D eigenvalue weighted by Gasteiger charge is -2.08.